The van der Waals surface area contributed by atoms with Crippen molar-refractivity contribution in [1.29, 1.82) is 0 Å². The summed E-state index contributed by atoms with van der Waals surface area (Å²) in [5, 5.41) is 0.987. The van der Waals surface area contributed by atoms with Gasteiger partial charge in [-0.2, -0.15) is 0 Å². The van der Waals surface area contributed by atoms with E-state index in [-0.39, 0.29) is 17.0 Å². The molecule has 0 heterocycles. The van der Waals surface area contributed by atoms with Crippen molar-refractivity contribution < 1.29 is 0 Å². The van der Waals surface area contributed by atoms with E-state index in [9.17, 15) is 0 Å². The molecule has 0 rings (SSSR count). The second-order valence-electron chi connectivity index (χ2n) is 1.03. The Balaban J connectivity index is 0. The van der Waals surface area contributed by atoms with Crippen LogP contribution in [0.2, 0.25) is 0 Å². The van der Waals surface area contributed by atoms with E-state index in [2.05, 4.69) is 35.0 Å². The summed E-state index contributed by atoms with van der Waals surface area (Å²) >= 11 is 3.26. The topological polar surface area (TPSA) is 0 Å². The average molecular weight is 230 g/mol. The molecule has 0 aliphatic rings. The maximum atomic E-state index is 3.26. The van der Waals surface area contributed by atoms with Crippen LogP contribution in [0.4, 0.5) is 0 Å². The Kier molecular flexibility index (Phi) is 15.0. The van der Waals surface area contributed by atoms with E-state index in [1.165, 1.54) is 0 Å². The van der Waals surface area contributed by atoms with Gasteiger partial charge in [-0.1, -0.05) is 35.0 Å². The van der Waals surface area contributed by atoms with Gasteiger partial charge in [0, 0.05) is 5.33 Å². The Bertz CT molecular complexity index is 35.3. The highest BCUT2D eigenvalue weighted by Crippen LogP contribution is 1.83. The van der Waals surface area contributed by atoms with Gasteiger partial charge in [-0.3, -0.25) is 0 Å². The van der Waals surface area contributed by atoms with Crippen LogP contribution in [0.15, 0.2) is 12.2 Å². The van der Waals surface area contributed by atoms with Gasteiger partial charge in [-0.15, -0.1) is 17.0 Å². The highest BCUT2D eigenvalue weighted by atomic mass is 79.9. The summed E-state index contributed by atoms with van der Waals surface area (Å²) in [6.07, 6.45) is 5.38. The first-order chi connectivity index (χ1) is 2.91. The zero-order valence-corrected chi connectivity index (χ0v) is 7.65. The van der Waals surface area contributed by atoms with Crippen LogP contribution in [-0.2, 0) is 0 Å². The second kappa shape index (κ2) is 9.85. The first kappa shape index (κ1) is 10.6. The van der Waals surface area contributed by atoms with Crippen molar-refractivity contribution in [2.24, 2.45) is 0 Å². The van der Waals surface area contributed by atoms with Crippen molar-refractivity contribution in [3.8, 4) is 0 Å². The summed E-state index contributed by atoms with van der Waals surface area (Å²) in [7, 11) is 0. The molecule has 2 heteroatoms. The number of rotatable bonds is 2. The van der Waals surface area contributed by atoms with Crippen molar-refractivity contribution in [2.75, 3.05) is 5.33 Å². The fraction of sp³-hybridized carbons (Fsp3) is 0.600. The van der Waals surface area contributed by atoms with Crippen molar-refractivity contribution in [1.82, 2.24) is 0 Å². The molecule has 0 spiro atoms. The van der Waals surface area contributed by atoms with E-state index < -0.39 is 0 Å². The van der Waals surface area contributed by atoms with Gasteiger partial charge >= 0.3 is 0 Å². The van der Waals surface area contributed by atoms with E-state index in [4.69, 9.17) is 0 Å². The predicted octanol–water partition coefficient (Wildman–Crippen LogP) is 2.93. The Hall–Kier alpha value is 0.700. The van der Waals surface area contributed by atoms with Crippen LogP contribution in [0.1, 0.15) is 13.3 Å². The van der Waals surface area contributed by atoms with Gasteiger partial charge in [0.05, 0.1) is 0 Å². The maximum absolute atomic E-state index is 3.26. The van der Waals surface area contributed by atoms with E-state index >= 15 is 0 Å². The minimum Gasteiger partial charge on any atom is -0.114 e. The lowest BCUT2D eigenvalue weighted by Crippen LogP contribution is -1.55. The lowest BCUT2D eigenvalue weighted by molar-refractivity contribution is 1.22. The van der Waals surface area contributed by atoms with E-state index in [0.29, 0.717) is 0 Å². The summed E-state index contributed by atoms with van der Waals surface area (Å²) < 4.78 is 0. The zero-order chi connectivity index (χ0) is 4.83. The Morgan fingerprint density at radius 3 is 2.14 bits per heavy atom. The summed E-state index contributed by atoms with van der Waals surface area (Å²) in [5.74, 6) is 0. The van der Waals surface area contributed by atoms with Crippen LogP contribution in [0.25, 0.3) is 0 Å². The van der Waals surface area contributed by atoms with E-state index in [1.54, 1.807) is 0 Å². The average Bonchev–Trinajstić information content (AvgIpc) is 1.61. The fourth-order valence-electron chi connectivity index (χ4n) is 0.230. The first-order valence-corrected chi connectivity index (χ1v) is 3.25. The lowest BCUT2D eigenvalue weighted by Gasteiger charge is -1.71. The van der Waals surface area contributed by atoms with Crippen LogP contribution in [0.3, 0.4) is 0 Å². The van der Waals surface area contributed by atoms with Gasteiger partial charge in [0.15, 0.2) is 0 Å². The summed E-state index contributed by atoms with van der Waals surface area (Å²) in [6, 6.07) is 0. The Morgan fingerprint density at radius 1 is 1.43 bits per heavy atom. The van der Waals surface area contributed by atoms with Gasteiger partial charge in [0.1, 0.15) is 0 Å². The summed E-state index contributed by atoms with van der Waals surface area (Å²) in [4.78, 5) is 0. The van der Waals surface area contributed by atoms with Crippen molar-refractivity contribution >= 4 is 32.9 Å². The molecule has 0 fully saturated rings. The number of halogens is 2. The highest BCUT2D eigenvalue weighted by Gasteiger charge is 1.61. The minimum atomic E-state index is 0. The van der Waals surface area contributed by atoms with Gasteiger partial charge in [-0.05, 0) is 6.42 Å². The molecule has 0 unspecified atom stereocenters. The smallest absolute Gasteiger partial charge is 0.0212 e. The van der Waals surface area contributed by atoms with Gasteiger partial charge in [0.25, 0.3) is 0 Å². The fourth-order valence-corrected chi connectivity index (χ4v) is 0.494. The van der Waals surface area contributed by atoms with Gasteiger partial charge in [-0.25, -0.2) is 0 Å². The molecule has 0 saturated heterocycles. The monoisotopic (exact) mass is 228 g/mol. The van der Waals surface area contributed by atoms with Crippen molar-refractivity contribution in [2.45, 2.75) is 13.3 Å². The van der Waals surface area contributed by atoms with Crippen molar-refractivity contribution in [3.05, 3.63) is 12.2 Å². The van der Waals surface area contributed by atoms with Crippen LogP contribution in [-0.4, -0.2) is 5.33 Å². The van der Waals surface area contributed by atoms with Gasteiger partial charge < -0.3 is 0 Å². The quantitative estimate of drug-likeness (QED) is 0.505. The molecule has 0 amide bonds. The first-order valence-electron chi connectivity index (χ1n) is 2.12. The molecule has 0 aliphatic carbocycles. The molecule has 0 atom stereocenters. The van der Waals surface area contributed by atoms with E-state index in [1.807, 2.05) is 0 Å². The SMILES string of the molecule is Br.CC/C=C/CBr. The van der Waals surface area contributed by atoms with Crippen molar-refractivity contribution in [3.63, 3.8) is 0 Å². The molecule has 0 bridgehead atoms. The standard InChI is InChI=1S/C5H9Br.BrH/c1-2-3-4-5-6;/h3-4H,2,5H2,1H3;1H/b4-3+;. The molecule has 0 N–H and O–H groups in total. The molecule has 7 heavy (non-hydrogen) atoms. The zero-order valence-electron chi connectivity index (χ0n) is 4.36. The largest absolute Gasteiger partial charge is 0.114 e. The normalized spacial score (nSPS) is 8.86. The molecule has 0 aromatic rings. The third-order valence-corrected chi connectivity index (χ3v) is 0.865. The molecular formula is C5H10Br2. The second-order valence-corrected chi connectivity index (χ2v) is 1.68. The third-order valence-electron chi connectivity index (χ3n) is 0.491. The summed E-state index contributed by atoms with van der Waals surface area (Å²) in [6.45, 7) is 2.12. The van der Waals surface area contributed by atoms with Crippen LogP contribution < -0.4 is 0 Å². The number of allylic oxidation sites excluding steroid dienone is 2. The number of alkyl halides is 1. The maximum Gasteiger partial charge on any atom is 0.0212 e. The minimum absolute atomic E-state index is 0. The molecule has 0 nitrogen and oxygen atoms in total. The molecular weight excluding hydrogens is 220 g/mol. The lowest BCUT2D eigenvalue weighted by atomic mass is 10.4. The number of hydrogen-bond donors (Lipinski definition) is 0. The van der Waals surface area contributed by atoms with Crippen LogP contribution >= 0.6 is 32.9 Å². The molecule has 0 saturated carbocycles. The molecule has 0 aromatic heterocycles. The number of hydrogen-bond acceptors (Lipinski definition) is 0. The summed E-state index contributed by atoms with van der Waals surface area (Å²) in [5.41, 5.74) is 0. The van der Waals surface area contributed by atoms with E-state index in [0.717, 1.165) is 11.8 Å². The Labute approximate surface area is 63.9 Å². The molecule has 44 valence electrons. The molecule has 0 radical (unpaired) electrons. The molecule has 0 aliphatic heterocycles. The molecule has 0 aromatic carbocycles. The predicted molar refractivity (Wildman–Crippen MR) is 43.5 cm³/mol. The van der Waals surface area contributed by atoms with Crippen LogP contribution in [0, 0.1) is 0 Å². The third kappa shape index (κ3) is 10.8. The highest BCUT2D eigenvalue weighted by molar-refractivity contribution is 9.09. The van der Waals surface area contributed by atoms with Gasteiger partial charge in [0.2, 0.25) is 0 Å². The van der Waals surface area contributed by atoms with Crippen LogP contribution in [0.5, 0.6) is 0 Å². The Morgan fingerprint density at radius 2 is 2.00 bits per heavy atom.